The van der Waals surface area contributed by atoms with Gasteiger partial charge in [-0.3, -0.25) is 0 Å². The van der Waals surface area contributed by atoms with Crippen molar-refractivity contribution in [1.82, 2.24) is 9.62 Å². The van der Waals surface area contributed by atoms with Crippen molar-refractivity contribution in [2.24, 2.45) is 5.73 Å². The molecule has 6 nitrogen and oxygen atoms in total. The zero-order valence-corrected chi connectivity index (χ0v) is 23.5. The second kappa shape index (κ2) is 11.1. The molecule has 0 bridgehead atoms. The predicted octanol–water partition coefficient (Wildman–Crippen LogP) is 5.16. The second-order valence-electron chi connectivity index (χ2n) is 10.7. The van der Waals surface area contributed by atoms with Gasteiger partial charge in [0.2, 0.25) is 10.0 Å². The summed E-state index contributed by atoms with van der Waals surface area (Å²) in [7, 11) is -1.72. The molecule has 0 aliphatic carbocycles. The number of rotatable bonds is 10. The van der Waals surface area contributed by atoms with E-state index in [1.54, 1.807) is 24.3 Å². The van der Waals surface area contributed by atoms with Crippen LogP contribution in [-0.4, -0.2) is 51.2 Å². The van der Waals surface area contributed by atoms with Crippen LogP contribution in [0, 0.1) is 0 Å². The SMILES string of the molecule is CN1Cc2c(Cl)cc(Cl)cc2C(c2cccc(S(=O)(=O)NC(C)(C)CCOC(C)(C)CCN)c2)C1. The number of fused-ring (bicyclic) bond motifs is 1. The molecular formula is C26H37Cl2N3O3S. The molecule has 0 radical (unpaired) electrons. The molecular weight excluding hydrogens is 505 g/mol. The Balaban J connectivity index is 1.81. The number of benzene rings is 2. The lowest BCUT2D eigenvalue weighted by molar-refractivity contribution is -0.0280. The minimum absolute atomic E-state index is 0.0405. The lowest BCUT2D eigenvalue weighted by Crippen LogP contribution is -2.44. The first-order valence-corrected chi connectivity index (χ1v) is 14.1. The van der Waals surface area contributed by atoms with Gasteiger partial charge in [0.1, 0.15) is 0 Å². The van der Waals surface area contributed by atoms with Crippen molar-refractivity contribution in [3.8, 4) is 0 Å². The standard InChI is InChI=1S/C26H37Cl2N3O3S/c1-25(2,10-12-34-26(3,4)9-11-29)30-35(32,33)20-8-6-7-18(13-20)22-16-31(5)17-23-21(22)14-19(27)15-24(23)28/h6-8,13-15,22,30H,9-12,16-17,29H2,1-5H3. The maximum Gasteiger partial charge on any atom is 0.241 e. The van der Waals surface area contributed by atoms with E-state index < -0.39 is 15.6 Å². The molecule has 0 spiro atoms. The molecule has 3 N–H and O–H groups in total. The number of likely N-dealkylation sites (N-methyl/N-ethyl adjacent to an activating group) is 1. The maximum atomic E-state index is 13.3. The molecule has 9 heteroatoms. The summed E-state index contributed by atoms with van der Waals surface area (Å²) < 4.78 is 35.5. The summed E-state index contributed by atoms with van der Waals surface area (Å²) in [5.74, 6) is -0.0405. The van der Waals surface area contributed by atoms with E-state index in [0.717, 1.165) is 36.2 Å². The number of halogens is 2. The summed E-state index contributed by atoms with van der Waals surface area (Å²) in [4.78, 5) is 2.41. The highest BCUT2D eigenvalue weighted by molar-refractivity contribution is 7.89. The van der Waals surface area contributed by atoms with Gasteiger partial charge in [0.15, 0.2) is 0 Å². The summed E-state index contributed by atoms with van der Waals surface area (Å²) in [5, 5.41) is 1.21. The van der Waals surface area contributed by atoms with Gasteiger partial charge in [-0.15, -0.1) is 0 Å². The lowest BCUT2D eigenvalue weighted by Gasteiger charge is -2.33. The molecule has 0 aromatic heterocycles. The second-order valence-corrected chi connectivity index (χ2v) is 13.2. The number of nitrogens with two attached hydrogens (primary N) is 1. The predicted molar refractivity (Wildman–Crippen MR) is 144 cm³/mol. The van der Waals surface area contributed by atoms with Crippen LogP contribution >= 0.6 is 23.2 Å². The van der Waals surface area contributed by atoms with Crippen LogP contribution in [0.4, 0.5) is 0 Å². The maximum absolute atomic E-state index is 13.3. The highest BCUT2D eigenvalue weighted by Crippen LogP contribution is 2.38. The Morgan fingerprint density at radius 2 is 1.86 bits per heavy atom. The molecule has 0 fully saturated rings. The highest BCUT2D eigenvalue weighted by atomic mass is 35.5. The first-order chi connectivity index (χ1) is 16.2. The smallest absolute Gasteiger partial charge is 0.241 e. The van der Waals surface area contributed by atoms with Crippen LogP contribution in [0.1, 0.15) is 63.1 Å². The third-order valence-corrected chi connectivity index (χ3v) is 8.69. The Morgan fingerprint density at radius 3 is 2.54 bits per heavy atom. The summed E-state index contributed by atoms with van der Waals surface area (Å²) >= 11 is 12.8. The Hall–Kier alpha value is -1.19. The van der Waals surface area contributed by atoms with Crippen molar-refractivity contribution in [2.75, 3.05) is 26.7 Å². The summed E-state index contributed by atoms with van der Waals surface area (Å²) in [6.07, 6.45) is 1.26. The van der Waals surface area contributed by atoms with Crippen molar-refractivity contribution in [1.29, 1.82) is 0 Å². The summed E-state index contributed by atoms with van der Waals surface area (Å²) in [6.45, 7) is 10.1. The fourth-order valence-electron chi connectivity index (χ4n) is 4.50. The number of hydrogen-bond donors (Lipinski definition) is 2. The normalized spacial score (nSPS) is 17.4. The van der Waals surface area contributed by atoms with Crippen LogP contribution in [-0.2, 0) is 21.3 Å². The minimum atomic E-state index is -3.75. The highest BCUT2D eigenvalue weighted by Gasteiger charge is 2.30. The van der Waals surface area contributed by atoms with E-state index in [1.165, 1.54) is 0 Å². The monoisotopic (exact) mass is 541 g/mol. The van der Waals surface area contributed by atoms with Crippen LogP contribution in [0.5, 0.6) is 0 Å². The van der Waals surface area contributed by atoms with E-state index >= 15 is 0 Å². The van der Waals surface area contributed by atoms with Gasteiger partial charge < -0.3 is 15.4 Å². The van der Waals surface area contributed by atoms with Gasteiger partial charge in [-0.2, -0.15) is 0 Å². The summed E-state index contributed by atoms with van der Waals surface area (Å²) in [5.41, 5.74) is 7.60. The van der Waals surface area contributed by atoms with Crippen LogP contribution < -0.4 is 10.5 Å². The van der Waals surface area contributed by atoms with Gasteiger partial charge in [-0.25, -0.2) is 13.1 Å². The van der Waals surface area contributed by atoms with Crippen LogP contribution in [0.2, 0.25) is 10.0 Å². The largest absolute Gasteiger partial charge is 0.375 e. The summed E-state index contributed by atoms with van der Waals surface area (Å²) in [6, 6.07) is 10.8. The molecule has 1 atom stereocenters. The molecule has 1 aliphatic rings. The zero-order valence-electron chi connectivity index (χ0n) is 21.2. The molecule has 194 valence electrons. The Morgan fingerprint density at radius 1 is 1.14 bits per heavy atom. The van der Waals surface area contributed by atoms with Crippen LogP contribution in [0.25, 0.3) is 0 Å². The van der Waals surface area contributed by atoms with Crippen LogP contribution in [0.3, 0.4) is 0 Å². The van der Waals surface area contributed by atoms with E-state index in [0.29, 0.717) is 29.6 Å². The van der Waals surface area contributed by atoms with Gasteiger partial charge in [-0.05, 0) is 95.1 Å². The van der Waals surface area contributed by atoms with Crippen LogP contribution in [0.15, 0.2) is 41.3 Å². The average Bonchev–Trinajstić information content (AvgIpc) is 2.73. The molecule has 35 heavy (non-hydrogen) atoms. The van der Waals surface area contributed by atoms with Gasteiger partial charge in [0.25, 0.3) is 0 Å². The van der Waals surface area contributed by atoms with E-state index in [9.17, 15) is 8.42 Å². The molecule has 0 saturated carbocycles. The Bertz CT molecular complexity index is 1150. The first kappa shape index (κ1) is 28.4. The first-order valence-electron chi connectivity index (χ1n) is 11.9. The number of ether oxygens (including phenoxy) is 1. The minimum Gasteiger partial charge on any atom is -0.375 e. The average molecular weight is 543 g/mol. The lowest BCUT2D eigenvalue weighted by atomic mass is 9.85. The van der Waals surface area contributed by atoms with E-state index in [-0.39, 0.29) is 16.4 Å². The third kappa shape index (κ3) is 7.41. The quantitative estimate of drug-likeness (QED) is 0.433. The fraction of sp³-hybridized carbons (Fsp3) is 0.538. The number of nitrogens with zero attached hydrogens (tertiary/aromatic N) is 1. The van der Waals surface area contributed by atoms with E-state index in [4.69, 9.17) is 33.7 Å². The molecule has 0 amide bonds. The molecule has 0 saturated heterocycles. The van der Waals surface area contributed by atoms with Crippen molar-refractivity contribution < 1.29 is 13.2 Å². The third-order valence-electron chi connectivity index (χ3n) is 6.44. The topological polar surface area (TPSA) is 84.7 Å². The van der Waals surface area contributed by atoms with E-state index in [2.05, 4.69) is 9.62 Å². The Labute approximate surface area is 220 Å². The number of sulfonamides is 1. The molecule has 1 aliphatic heterocycles. The number of nitrogens with one attached hydrogen (secondary N) is 1. The van der Waals surface area contributed by atoms with E-state index in [1.807, 2.05) is 46.9 Å². The zero-order chi connectivity index (χ0) is 26.0. The molecule has 2 aromatic carbocycles. The van der Waals surface area contributed by atoms with Crippen molar-refractivity contribution in [3.63, 3.8) is 0 Å². The van der Waals surface area contributed by atoms with Gasteiger partial charge in [-0.1, -0.05) is 35.3 Å². The Kier molecular flexibility index (Phi) is 8.96. The van der Waals surface area contributed by atoms with Crippen molar-refractivity contribution in [3.05, 3.63) is 63.1 Å². The van der Waals surface area contributed by atoms with Crippen molar-refractivity contribution in [2.45, 2.75) is 69.0 Å². The molecule has 1 heterocycles. The molecule has 3 rings (SSSR count). The van der Waals surface area contributed by atoms with Crippen molar-refractivity contribution >= 4 is 33.2 Å². The fourth-order valence-corrected chi connectivity index (χ4v) is 6.57. The van der Waals surface area contributed by atoms with Gasteiger partial charge in [0.05, 0.1) is 10.5 Å². The molecule has 2 aromatic rings. The molecule has 1 unspecified atom stereocenters. The number of hydrogen-bond acceptors (Lipinski definition) is 5. The van der Waals surface area contributed by atoms with Gasteiger partial charge in [0, 0.05) is 41.2 Å². The van der Waals surface area contributed by atoms with Gasteiger partial charge >= 0.3 is 0 Å².